The summed E-state index contributed by atoms with van der Waals surface area (Å²) in [5.74, 6) is 0. The van der Waals surface area contributed by atoms with Crippen LogP contribution in [0.1, 0.15) is 45.9 Å². The zero-order valence-electron chi connectivity index (χ0n) is 24.6. The first-order chi connectivity index (χ1) is 21.2. The molecule has 8 heteroatoms. The molecule has 0 amide bonds. The van der Waals surface area contributed by atoms with E-state index in [1.807, 2.05) is 105 Å². The molecule has 0 bridgehead atoms. The first-order valence-electron chi connectivity index (χ1n) is 14.5. The SMILES string of the molecule is Cc1ccc(S(=O)(=O)N2C[C@H](c3ccccc3)N(S(=O)(=O)c3ccc(C)cc3)[C@H](c3ccccc3)[C@H]2c2ccccc2)cc1. The van der Waals surface area contributed by atoms with E-state index in [0.29, 0.717) is 16.7 Å². The quantitative estimate of drug-likeness (QED) is 0.192. The van der Waals surface area contributed by atoms with Crippen molar-refractivity contribution in [3.05, 3.63) is 167 Å². The average Bonchev–Trinajstić information content (AvgIpc) is 3.05. The third-order valence-electron chi connectivity index (χ3n) is 8.23. The van der Waals surface area contributed by atoms with E-state index in [2.05, 4.69) is 0 Å². The molecule has 0 aromatic heterocycles. The molecule has 0 unspecified atom stereocenters. The van der Waals surface area contributed by atoms with Gasteiger partial charge in [0.2, 0.25) is 20.0 Å². The highest BCUT2D eigenvalue weighted by Crippen LogP contribution is 2.51. The van der Waals surface area contributed by atoms with E-state index in [1.54, 1.807) is 52.8 Å². The lowest BCUT2D eigenvalue weighted by Crippen LogP contribution is -2.55. The number of rotatable bonds is 7. The molecule has 0 N–H and O–H groups in total. The van der Waals surface area contributed by atoms with Crippen molar-refractivity contribution in [2.45, 2.75) is 41.8 Å². The van der Waals surface area contributed by atoms with E-state index in [4.69, 9.17) is 0 Å². The Labute approximate surface area is 260 Å². The van der Waals surface area contributed by atoms with Gasteiger partial charge in [0.15, 0.2) is 0 Å². The number of hydrogen-bond donors (Lipinski definition) is 0. The molecule has 0 saturated carbocycles. The van der Waals surface area contributed by atoms with Crippen molar-refractivity contribution in [3.63, 3.8) is 0 Å². The predicted molar refractivity (Wildman–Crippen MR) is 173 cm³/mol. The second-order valence-electron chi connectivity index (χ2n) is 11.2. The first kappa shape index (κ1) is 30.0. The fourth-order valence-corrected chi connectivity index (χ4v) is 9.41. The van der Waals surface area contributed by atoms with Gasteiger partial charge in [-0.15, -0.1) is 0 Å². The zero-order chi connectivity index (χ0) is 30.9. The molecule has 1 aliphatic heterocycles. The van der Waals surface area contributed by atoms with Gasteiger partial charge in [-0.05, 0) is 54.8 Å². The van der Waals surface area contributed by atoms with E-state index in [1.165, 1.54) is 4.31 Å². The summed E-state index contributed by atoms with van der Waals surface area (Å²) < 4.78 is 62.1. The minimum atomic E-state index is -4.14. The molecule has 1 heterocycles. The Morgan fingerprint density at radius 2 is 0.864 bits per heavy atom. The monoisotopic (exact) mass is 622 g/mol. The topological polar surface area (TPSA) is 74.8 Å². The lowest BCUT2D eigenvalue weighted by molar-refractivity contribution is 0.0815. The molecule has 5 aromatic rings. The van der Waals surface area contributed by atoms with Crippen LogP contribution in [0.2, 0.25) is 0 Å². The summed E-state index contributed by atoms with van der Waals surface area (Å²) in [5.41, 5.74) is 4.00. The van der Waals surface area contributed by atoms with Gasteiger partial charge in [-0.1, -0.05) is 126 Å². The maximum absolute atomic E-state index is 14.9. The van der Waals surface area contributed by atoms with Crippen LogP contribution >= 0.6 is 0 Å². The van der Waals surface area contributed by atoms with Gasteiger partial charge in [-0.3, -0.25) is 0 Å². The summed E-state index contributed by atoms with van der Waals surface area (Å²) in [7, 11) is -8.23. The van der Waals surface area contributed by atoms with Crippen LogP contribution in [0.4, 0.5) is 0 Å². The molecule has 0 aliphatic carbocycles. The molecule has 1 aliphatic rings. The largest absolute Gasteiger partial charge is 0.244 e. The van der Waals surface area contributed by atoms with E-state index < -0.39 is 38.2 Å². The summed E-state index contributed by atoms with van der Waals surface area (Å²) >= 11 is 0. The van der Waals surface area contributed by atoms with Gasteiger partial charge in [-0.2, -0.15) is 8.61 Å². The van der Waals surface area contributed by atoms with E-state index in [-0.39, 0.29) is 16.3 Å². The highest BCUT2D eigenvalue weighted by atomic mass is 32.2. The number of sulfonamides is 2. The third-order valence-corrected chi connectivity index (χ3v) is 12.0. The molecule has 1 fully saturated rings. The highest BCUT2D eigenvalue weighted by molar-refractivity contribution is 7.89. The van der Waals surface area contributed by atoms with Crippen LogP contribution in [0.5, 0.6) is 0 Å². The van der Waals surface area contributed by atoms with Crippen LogP contribution in [-0.2, 0) is 20.0 Å². The molecule has 6 rings (SSSR count). The fourth-order valence-electron chi connectivity index (χ4n) is 6.00. The van der Waals surface area contributed by atoms with Crippen molar-refractivity contribution in [3.8, 4) is 0 Å². The predicted octanol–water partition coefficient (Wildman–Crippen LogP) is 7.22. The number of benzene rings is 5. The Morgan fingerprint density at radius 1 is 0.477 bits per heavy atom. The van der Waals surface area contributed by atoms with E-state index in [9.17, 15) is 16.8 Å². The average molecular weight is 623 g/mol. The second-order valence-corrected chi connectivity index (χ2v) is 14.9. The second kappa shape index (κ2) is 12.1. The van der Waals surface area contributed by atoms with Gasteiger partial charge in [0.25, 0.3) is 0 Å². The Balaban J connectivity index is 1.66. The Morgan fingerprint density at radius 3 is 1.32 bits per heavy atom. The fraction of sp³-hybridized carbons (Fsp3) is 0.167. The van der Waals surface area contributed by atoms with Crippen molar-refractivity contribution in [2.75, 3.05) is 6.54 Å². The van der Waals surface area contributed by atoms with Crippen molar-refractivity contribution >= 4 is 20.0 Å². The Bertz CT molecular complexity index is 1930. The van der Waals surface area contributed by atoms with E-state index >= 15 is 0 Å². The molecule has 1 saturated heterocycles. The van der Waals surface area contributed by atoms with Crippen molar-refractivity contribution < 1.29 is 16.8 Å². The molecule has 0 radical (unpaired) electrons. The first-order valence-corrected chi connectivity index (χ1v) is 17.4. The normalized spacial score (nSPS) is 19.9. The van der Waals surface area contributed by atoms with Crippen LogP contribution in [0.25, 0.3) is 0 Å². The van der Waals surface area contributed by atoms with Gasteiger partial charge in [-0.25, -0.2) is 16.8 Å². The maximum atomic E-state index is 14.9. The summed E-state index contributed by atoms with van der Waals surface area (Å²) in [4.78, 5) is 0.323. The third kappa shape index (κ3) is 5.62. The number of piperazine rings is 1. The summed E-state index contributed by atoms with van der Waals surface area (Å²) in [6.45, 7) is 3.75. The molecule has 6 nitrogen and oxygen atoms in total. The zero-order valence-corrected chi connectivity index (χ0v) is 26.2. The maximum Gasteiger partial charge on any atom is 0.244 e. The molecule has 224 valence electrons. The highest BCUT2D eigenvalue weighted by Gasteiger charge is 2.52. The molecule has 0 spiro atoms. The van der Waals surface area contributed by atoms with E-state index in [0.717, 1.165) is 11.1 Å². The van der Waals surface area contributed by atoms with Crippen LogP contribution in [0.15, 0.2) is 149 Å². The molecular formula is C36H34N2O4S2. The summed E-state index contributed by atoms with van der Waals surface area (Å²) in [6.07, 6.45) is 0. The van der Waals surface area contributed by atoms with Gasteiger partial charge >= 0.3 is 0 Å². The van der Waals surface area contributed by atoms with Crippen LogP contribution in [0.3, 0.4) is 0 Å². The van der Waals surface area contributed by atoms with Crippen LogP contribution in [-0.4, -0.2) is 32.0 Å². The smallest absolute Gasteiger partial charge is 0.207 e. The molecule has 5 aromatic carbocycles. The lowest BCUT2D eigenvalue weighted by Gasteiger charge is -2.50. The lowest BCUT2D eigenvalue weighted by atomic mass is 9.88. The van der Waals surface area contributed by atoms with Gasteiger partial charge in [0.05, 0.1) is 27.9 Å². The summed E-state index contributed by atoms with van der Waals surface area (Å²) in [6, 6.07) is 39.1. The van der Waals surface area contributed by atoms with Crippen molar-refractivity contribution in [2.24, 2.45) is 0 Å². The summed E-state index contributed by atoms with van der Waals surface area (Å²) in [5, 5.41) is 0. The molecular weight excluding hydrogens is 589 g/mol. The van der Waals surface area contributed by atoms with Gasteiger partial charge < -0.3 is 0 Å². The minimum absolute atomic E-state index is 0.0752. The van der Waals surface area contributed by atoms with Gasteiger partial charge in [0, 0.05) is 6.54 Å². The molecule has 3 atom stereocenters. The molecule has 44 heavy (non-hydrogen) atoms. The van der Waals surface area contributed by atoms with Crippen molar-refractivity contribution in [1.82, 2.24) is 8.61 Å². The van der Waals surface area contributed by atoms with Crippen LogP contribution < -0.4 is 0 Å². The number of hydrogen-bond acceptors (Lipinski definition) is 4. The Kier molecular flexibility index (Phi) is 8.26. The van der Waals surface area contributed by atoms with Crippen molar-refractivity contribution in [1.29, 1.82) is 0 Å². The Hall–Kier alpha value is -4.08. The minimum Gasteiger partial charge on any atom is -0.207 e. The standard InChI is InChI=1S/C36H34N2O4S2/c1-27-18-22-32(23-19-27)43(39,40)37-26-34(29-12-6-3-7-13-29)38(44(41,42)33-24-20-28(2)21-25-33)36(31-16-10-5-11-17-31)35(37)30-14-8-4-9-15-30/h3-25,34-36H,26H2,1-2H3/t34-,35-,36-/m1/s1. The number of aryl methyl sites for hydroxylation is 2. The van der Waals surface area contributed by atoms with Gasteiger partial charge in [0.1, 0.15) is 0 Å². The van der Waals surface area contributed by atoms with Crippen LogP contribution in [0, 0.1) is 13.8 Å². The number of nitrogens with zero attached hydrogens (tertiary/aromatic N) is 2.